The minimum atomic E-state index is -0.184. The van der Waals surface area contributed by atoms with Gasteiger partial charge >= 0.3 is 0 Å². The summed E-state index contributed by atoms with van der Waals surface area (Å²) in [5, 5.41) is 7.87. The van der Waals surface area contributed by atoms with Gasteiger partial charge in [-0.1, -0.05) is 43.1 Å². The first-order valence-electron chi connectivity index (χ1n) is 7.80. The molecule has 0 saturated heterocycles. The molecule has 2 rings (SSSR count). The molecule has 0 aliphatic heterocycles. The topological polar surface area (TPSA) is 46.9 Å². The Morgan fingerprint density at radius 2 is 2.09 bits per heavy atom. The lowest BCUT2D eigenvalue weighted by molar-refractivity contribution is -0.111. The zero-order valence-electron chi connectivity index (χ0n) is 13.8. The van der Waals surface area contributed by atoms with E-state index in [4.69, 9.17) is 11.6 Å². The molecule has 122 valence electrons. The molecule has 0 radical (unpaired) electrons. The molecular weight excluding hydrogens is 310 g/mol. The molecule has 1 aromatic carbocycles. The third-order valence-electron chi connectivity index (χ3n) is 3.64. The summed E-state index contributed by atoms with van der Waals surface area (Å²) in [6, 6.07) is 7.67. The summed E-state index contributed by atoms with van der Waals surface area (Å²) >= 11 is 6.35. The predicted molar refractivity (Wildman–Crippen MR) is 95.7 cm³/mol. The number of anilines is 1. The highest BCUT2D eigenvalue weighted by Crippen LogP contribution is 2.22. The van der Waals surface area contributed by atoms with Gasteiger partial charge in [0.15, 0.2) is 0 Å². The number of carbonyl (C=O) groups is 1. The molecule has 0 aliphatic rings. The van der Waals surface area contributed by atoms with E-state index in [2.05, 4.69) is 17.3 Å². The van der Waals surface area contributed by atoms with Crippen LogP contribution in [0.4, 0.5) is 5.69 Å². The van der Waals surface area contributed by atoms with Gasteiger partial charge in [0.1, 0.15) is 5.15 Å². The number of halogens is 1. The van der Waals surface area contributed by atoms with Gasteiger partial charge in [-0.05, 0) is 38.0 Å². The van der Waals surface area contributed by atoms with Gasteiger partial charge in [0.25, 0.3) is 0 Å². The molecule has 0 unspecified atom stereocenters. The minimum absolute atomic E-state index is 0.184. The maximum atomic E-state index is 12.1. The van der Waals surface area contributed by atoms with Gasteiger partial charge in [0.2, 0.25) is 5.91 Å². The van der Waals surface area contributed by atoms with E-state index >= 15 is 0 Å². The second kappa shape index (κ2) is 7.97. The van der Waals surface area contributed by atoms with Gasteiger partial charge in [0.05, 0.1) is 5.69 Å². The molecule has 0 saturated carbocycles. The van der Waals surface area contributed by atoms with Crippen LogP contribution in [0.5, 0.6) is 0 Å². The van der Waals surface area contributed by atoms with Crippen molar-refractivity contribution in [2.45, 2.75) is 40.2 Å². The van der Waals surface area contributed by atoms with Crippen LogP contribution < -0.4 is 5.32 Å². The largest absolute Gasteiger partial charge is 0.322 e. The SMILES string of the molecule is CCCCn1nc(C)c(/C=C/C(=O)Nc2ccccc2C)c1Cl. The standard InChI is InChI=1S/C18H22ClN3O/c1-4-5-12-22-18(19)15(14(3)21-22)10-11-17(23)20-16-9-7-6-8-13(16)2/h6-11H,4-5,12H2,1-3H3,(H,20,23)/b11-10+. The number of aryl methyl sites for hydroxylation is 3. The van der Waals surface area contributed by atoms with Crippen LogP contribution in [0.25, 0.3) is 6.08 Å². The average molecular weight is 332 g/mol. The second-order valence-electron chi connectivity index (χ2n) is 5.50. The number of nitrogens with one attached hydrogen (secondary N) is 1. The van der Waals surface area contributed by atoms with Crippen LogP contribution >= 0.6 is 11.6 Å². The van der Waals surface area contributed by atoms with Crippen LogP contribution in [-0.2, 0) is 11.3 Å². The quantitative estimate of drug-likeness (QED) is 0.786. The number of rotatable bonds is 6. The van der Waals surface area contributed by atoms with E-state index in [0.717, 1.165) is 41.9 Å². The van der Waals surface area contributed by atoms with Crippen LogP contribution in [0.15, 0.2) is 30.3 Å². The lowest BCUT2D eigenvalue weighted by atomic mass is 10.2. The molecule has 23 heavy (non-hydrogen) atoms. The van der Waals surface area contributed by atoms with Crippen molar-refractivity contribution in [2.75, 3.05) is 5.32 Å². The third kappa shape index (κ3) is 4.45. The number of aromatic nitrogens is 2. The molecule has 1 aromatic heterocycles. The summed E-state index contributed by atoms with van der Waals surface area (Å²) in [4.78, 5) is 12.1. The number of carbonyl (C=O) groups excluding carboxylic acids is 1. The molecule has 0 aliphatic carbocycles. The molecule has 4 nitrogen and oxygen atoms in total. The van der Waals surface area contributed by atoms with Crippen molar-refractivity contribution in [3.8, 4) is 0 Å². The highest BCUT2D eigenvalue weighted by molar-refractivity contribution is 6.31. The number of amides is 1. The van der Waals surface area contributed by atoms with Gasteiger partial charge in [-0.3, -0.25) is 9.48 Å². The zero-order valence-corrected chi connectivity index (χ0v) is 14.5. The van der Waals surface area contributed by atoms with Crippen LogP contribution in [0, 0.1) is 13.8 Å². The fourth-order valence-corrected chi connectivity index (χ4v) is 2.58. The Balaban J connectivity index is 2.09. The van der Waals surface area contributed by atoms with Gasteiger partial charge in [0, 0.05) is 23.9 Å². The summed E-state index contributed by atoms with van der Waals surface area (Å²) in [6.45, 7) is 6.77. The number of nitrogens with zero attached hydrogens (tertiary/aromatic N) is 2. The van der Waals surface area contributed by atoms with Crippen molar-refractivity contribution in [3.63, 3.8) is 0 Å². The first-order valence-corrected chi connectivity index (χ1v) is 8.18. The predicted octanol–water partition coefficient (Wildman–Crippen LogP) is 4.61. The van der Waals surface area contributed by atoms with E-state index in [1.54, 1.807) is 10.8 Å². The third-order valence-corrected chi connectivity index (χ3v) is 4.04. The second-order valence-corrected chi connectivity index (χ2v) is 5.86. The maximum absolute atomic E-state index is 12.1. The molecule has 0 bridgehead atoms. The van der Waals surface area contributed by atoms with Crippen molar-refractivity contribution >= 4 is 29.3 Å². The molecule has 0 fully saturated rings. The van der Waals surface area contributed by atoms with Crippen molar-refractivity contribution in [1.82, 2.24) is 9.78 Å². The number of benzene rings is 1. The van der Waals surface area contributed by atoms with E-state index in [1.165, 1.54) is 6.08 Å². The Bertz CT molecular complexity index is 719. The summed E-state index contributed by atoms with van der Waals surface area (Å²) in [5.74, 6) is -0.184. The van der Waals surface area contributed by atoms with Gasteiger partial charge < -0.3 is 5.32 Å². The average Bonchev–Trinajstić information content (AvgIpc) is 2.79. The van der Waals surface area contributed by atoms with E-state index in [9.17, 15) is 4.79 Å². The van der Waals surface area contributed by atoms with E-state index in [1.807, 2.05) is 38.1 Å². The van der Waals surface area contributed by atoms with Crippen molar-refractivity contribution < 1.29 is 4.79 Å². The molecule has 1 amide bonds. The lowest BCUT2D eigenvalue weighted by Gasteiger charge is -2.05. The van der Waals surface area contributed by atoms with Crippen molar-refractivity contribution in [1.29, 1.82) is 0 Å². The number of hydrogen-bond acceptors (Lipinski definition) is 2. The van der Waals surface area contributed by atoms with E-state index in [-0.39, 0.29) is 5.91 Å². The molecule has 5 heteroatoms. The van der Waals surface area contributed by atoms with Gasteiger partial charge in [-0.15, -0.1) is 0 Å². The van der Waals surface area contributed by atoms with Crippen molar-refractivity contribution in [3.05, 3.63) is 52.3 Å². The number of para-hydroxylation sites is 1. The van der Waals surface area contributed by atoms with Gasteiger partial charge in [-0.2, -0.15) is 5.10 Å². The van der Waals surface area contributed by atoms with Crippen molar-refractivity contribution in [2.24, 2.45) is 0 Å². The summed E-state index contributed by atoms with van der Waals surface area (Å²) in [5.41, 5.74) is 3.45. The Morgan fingerprint density at radius 1 is 1.35 bits per heavy atom. The molecular formula is C18H22ClN3O. The molecule has 1 N–H and O–H groups in total. The maximum Gasteiger partial charge on any atom is 0.248 e. The summed E-state index contributed by atoms with van der Waals surface area (Å²) in [7, 11) is 0. The lowest BCUT2D eigenvalue weighted by Crippen LogP contribution is -2.08. The van der Waals surface area contributed by atoms with Crippen LogP contribution in [0.1, 0.15) is 36.6 Å². The number of unbranched alkanes of at least 4 members (excludes halogenated alkanes) is 1. The monoisotopic (exact) mass is 331 g/mol. The first-order chi connectivity index (χ1) is 11.0. The molecule has 1 heterocycles. The Kier molecular flexibility index (Phi) is 5.99. The summed E-state index contributed by atoms with van der Waals surface area (Å²) in [6.07, 6.45) is 5.32. The smallest absolute Gasteiger partial charge is 0.248 e. The molecule has 2 aromatic rings. The van der Waals surface area contributed by atoms with Crippen LogP contribution in [0.2, 0.25) is 5.15 Å². The minimum Gasteiger partial charge on any atom is -0.322 e. The fraction of sp³-hybridized carbons (Fsp3) is 0.333. The number of hydrogen-bond donors (Lipinski definition) is 1. The van der Waals surface area contributed by atoms with Crippen LogP contribution in [0.3, 0.4) is 0 Å². The van der Waals surface area contributed by atoms with E-state index in [0.29, 0.717) is 5.15 Å². The molecule has 0 atom stereocenters. The highest BCUT2D eigenvalue weighted by atomic mass is 35.5. The zero-order chi connectivity index (χ0) is 16.8. The van der Waals surface area contributed by atoms with Crippen LogP contribution in [-0.4, -0.2) is 15.7 Å². The summed E-state index contributed by atoms with van der Waals surface area (Å²) < 4.78 is 1.79. The Labute approximate surface area is 142 Å². The Morgan fingerprint density at radius 3 is 2.78 bits per heavy atom. The van der Waals surface area contributed by atoms with E-state index < -0.39 is 0 Å². The molecule has 0 spiro atoms. The van der Waals surface area contributed by atoms with Gasteiger partial charge in [-0.25, -0.2) is 0 Å². The normalized spacial score (nSPS) is 11.1. The first kappa shape index (κ1) is 17.3. The Hall–Kier alpha value is -2.07. The highest BCUT2D eigenvalue weighted by Gasteiger charge is 2.11. The fourth-order valence-electron chi connectivity index (χ4n) is 2.26.